The van der Waals surface area contributed by atoms with Gasteiger partial charge in [-0.2, -0.15) is 18.3 Å². The highest BCUT2D eigenvalue weighted by molar-refractivity contribution is 5.32. The first-order valence-electron chi connectivity index (χ1n) is 4.81. The van der Waals surface area contributed by atoms with Crippen molar-refractivity contribution in [2.75, 3.05) is 6.54 Å². The normalized spacial score (nSPS) is 20.0. The molecule has 1 aliphatic rings. The number of H-pyrrole nitrogens is 1. The number of aromatic nitrogens is 2. The van der Waals surface area contributed by atoms with E-state index < -0.39 is 17.3 Å². The summed E-state index contributed by atoms with van der Waals surface area (Å²) in [6.07, 6.45) is -0.754. The fourth-order valence-electron chi connectivity index (χ4n) is 2.09. The Morgan fingerprint density at radius 2 is 2.13 bits per heavy atom. The van der Waals surface area contributed by atoms with E-state index in [1.165, 1.54) is 6.20 Å². The highest BCUT2D eigenvalue weighted by atomic mass is 19.4. The minimum Gasteiger partial charge on any atom is -0.330 e. The summed E-state index contributed by atoms with van der Waals surface area (Å²) in [5.41, 5.74) is 4.54. The minimum atomic E-state index is -4.37. The largest absolute Gasteiger partial charge is 0.433 e. The average molecular weight is 219 g/mol. The zero-order valence-electron chi connectivity index (χ0n) is 8.06. The summed E-state index contributed by atoms with van der Waals surface area (Å²) in [5.74, 6) is 0. The lowest BCUT2D eigenvalue weighted by Crippen LogP contribution is -2.42. The van der Waals surface area contributed by atoms with E-state index in [1.54, 1.807) is 0 Å². The van der Waals surface area contributed by atoms with Crippen LogP contribution in [-0.4, -0.2) is 16.7 Å². The molecular formula is C9H12F3N3. The van der Waals surface area contributed by atoms with Gasteiger partial charge < -0.3 is 5.73 Å². The third kappa shape index (κ3) is 1.52. The summed E-state index contributed by atoms with van der Waals surface area (Å²) in [5, 5.41) is 5.51. The van der Waals surface area contributed by atoms with Crippen LogP contribution in [0.1, 0.15) is 30.5 Å². The summed E-state index contributed by atoms with van der Waals surface area (Å²) < 4.78 is 37.8. The number of hydrogen-bond donors (Lipinski definition) is 2. The SMILES string of the molecule is NCC1(c2cn[nH]c2C(F)(F)F)CCC1. The van der Waals surface area contributed by atoms with Crippen LogP contribution in [0.4, 0.5) is 13.2 Å². The Bertz CT molecular complexity index is 346. The van der Waals surface area contributed by atoms with E-state index in [0.29, 0.717) is 12.8 Å². The van der Waals surface area contributed by atoms with Crippen molar-refractivity contribution in [3.05, 3.63) is 17.5 Å². The van der Waals surface area contributed by atoms with Crippen LogP contribution in [0.25, 0.3) is 0 Å². The van der Waals surface area contributed by atoms with Crippen molar-refractivity contribution in [2.24, 2.45) is 5.73 Å². The lowest BCUT2D eigenvalue weighted by Gasteiger charge is -2.41. The Labute approximate surface area is 84.8 Å². The molecule has 1 aromatic heterocycles. The molecule has 84 valence electrons. The predicted octanol–water partition coefficient (Wildman–Crippen LogP) is 1.81. The summed E-state index contributed by atoms with van der Waals surface area (Å²) in [7, 11) is 0. The van der Waals surface area contributed by atoms with Crippen LogP contribution in [0, 0.1) is 0 Å². The summed E-state index contributed by atoms with van der Waals surface area (Å²) >= 11 is 0. The van der Waals surface area contributed by atoms with Crippen LogP contribution >= 0.6 is 0 Å². The van der Waals surface area contributed by atoms with Crippen LogP contribution < -0.4 is 5.73 Å². The number of hydrogen-bond acceptors (Lipinski definition) is 2. The second-order valence-electron chi connectivity index (χ2n) is 3.99. The van der Waals surface area contributed by atoms with Gasteiger partial charge in [0.1, 0.15) is 5.69 Å². The molecule has 1 fully saturated rings. The van der Waals surface area contributed by atoms with Crippen molar-refractivity contribution in [1.29, 1.82) is 0 Å². The molecule has 0 unspecified atom stereocenters. The van der Waals surface area contributed by atoms with Gasteiger partial charge in [0.25, 0.3) is 0 Å². The molecule has 0 saturated heterocycles. The monoisotopic (exact) mass is 219 g/mol. The Hall–Kier alpha value is -1.04. The molecule has 3 N–H and O–H groups in total. The molecule has 0 spiro atoms. The molecule has 2 rings (SSSR count). The fourth-order valence-corrected chi connectivity index (χ4v) is 2.09. The van der Waals surface area contributed by atoms with Crippen molar-refractivity contribution >= 4 is 0 Å². The van der Waals surface area contributed by atoms with E-state index in [2.05, 4.69) is 5.10 Å². The zero-order chi connectivity index (χ0) is 11.1. The van der Waals surface area contributed by atoms with Gasteiger partial charge in [0, 0.05) is 17.5 Å². The number of nitrogens with two attached hydrogens (primary N) is 1. The molecule has 0 aromatic carbocycles. The zero-order valence-corrected chi connectivity index (χ0v) is 8.06. The van der Waals surface area contributed by atoms with Gasteiger partial charge in [0.15, 0.2) is 0 Å². The molecule has 0 amide bonds. The first-order valence-corrected chi connectivity index (χ1v) is 4.81. The van der Waals surface area contributed by atoms with E-state index in [4.69, 9.17) is 5.73 Å². The van der Waals surface area contributed by atoms with E-state index in [9.17, 15) is 13.2 Å². The number of nitrogens with one attached hydrogen (secondary N) is 1. The average Bonchev–Trinajstić information content (AvgIpc) is 2.51. The van der Waals surface area contributed by atoms with Crippen molar-refractivity contribution < 1.29 is 13.2 Å². The van der Waals surface area contributed by atoms with Crippen molar-refractivity contribution in [3.63, 3.8) is 0 Å². The van der Waals surface area contributed by atoms with Crippen LogP contribution in [0.15, 0.2) is 6.20 Å². The molecule has 0 aliphatic heterocycles. The van der Waals surface area contributed by atoms with Crippen molar-refractivity contribution in [3.8, 4) is 0 Å². The van der Waals surface area contributed by atoms with E-state index in [0.717, 1.165) is 6.42 Å². The van der Waals surface area contributed by atoms with Crippen LogP contribution in [0.2, 0.25) is 0 Å². The Morgan fingerprint density at radius 1 is 1.47 bits per heavy atom. The number of nitrogens with zero attached hydrogens (tertiary/aromatic N) is 1. The topological polar surface area (TPSA) is 54.7 Å². The van der Waals surface area contributed by atoms with E-state index in [1.807, 2.05) is 5.10 Å². The van der Waals surface area contributed by atoms with Gasteiger partial charge in [0.2, 0.25) is 0 Å². The van der Waals surface area contributed by atoms with Gasteiger partial charge >= 0.3 is 6.18 Å². The molecule has 1 aliphatic carbocycles. The maximum absolute atomic E-state index is 12.6. The first kappa shape index (κ1) is 10.5. The van der Waals surface area contributed by atoms with Crippen LogP contribution in [0.3, 0.4) is 0 Å². The van der Waals surface area contributed by atoms with Gasteiger partial charge in [-0.15, -0.1) is 0 Å². The fraction of sp³-hybridized carbons (Fsp3) is 0.667. The molecule has 15 heavy (non-hydrogen) atoms. The van der Waals surface area contributed by atoms with Gasteiger partial charge in [-0.05, 0) is 12.8 Å². The predicted molar refractivity (Wildman–Crippen MR) is 48.2 cm³/mol. The molecule has 0 bridgehead atoms. The standard InChI is InChI=1S/C9H12F3N3/c10-9(11,12)7-6(4-14-15-7)8(5-13)2-1-3-8/h4H,1-3,5,13H2,(H,14,15). The number of halogens is 3. The molecule has 1 aromatic rings. The molecule has 1 saturated carbocycles. The third-order valence-electron chi connectivity index (χ3n) is 3.20. The summed E-state index contributed by atoms with van der Waals surface area (Å²) in [4.78, 5) is 0. The maximum atomic E-state index is 12.6. The highest BCUT2D eigenvalue weighted by Gasteiger charge is 2.46. The molecular weight excluding hydrogens is 207 g/mol. The van der Waals surface area contributed by atoms with Crippen LogP contribution in [0.5, 0.6) is 0 Å². The molecule has 6 heteroatoms. The minimum absolute atomic E-state index is 0.226. The number of alkyl halides is 3. The lowest BCUT2D eigenvalue weighted by molar-refractivity contribution is -0.142. The molecule has 0 atom stereocenters. The van der Waals surface area contributed by atoms with Crippen LogP contribution in [-0.2, 0) is 11.6 Å². The second kappa shape index (κ2) is 3.23. The van der Waals surface area contributed by atoms with Crippen molar-refractivity contribution in [2.45, 2.75) is 30.9 Å². The van der Waals surface area contributed by atoms with E-state index in [-0.39, 0.29) is 12.1 Å². The quantitative estimate of drug-likeness (QED) is 0.797. The van der Waals surface area contributed by atoms with Gasteiger partial charge in [-0.1, -0.05) is 6.42 Å². The maximum Gasteiger partial charge on any atom is 0.433 e. The van der Waals surface area contributed by atoms with Gasteiger partial charge in [0.05, 0.1) is 6.20 Å². The Kier molecular flexibility index (Phi) is 2.26. The Morgan fingerprint density at radius 3 is 2.53 bits per heavy atom. The molecule has 1 heterocycles. The molecule has 0 radical (unpaired) electrons. The van der Waals surface area contributed by atoms with E-state index >= 15 is 0 Å². The first-order chi connectivity index (χ1) is 6.99. The number of aromatic amines is 1. The second-order valence-corrected chi connectivity index (χ2v) is 3.99. The van der Waals surface area contributed by atoms with Gasteiger partial charge in [-0.25, -0.2) is 0 Å². The molecule has 3 nitrogen and oxygen atoms in total. The summed E-state index contributed by atoms with van der Waals surface area (Å²) in [6, 6.07) is 0. The summed E-state index contributed by atoms with van der Waals surface area (Å²) in [6.45, 7) is 0.246. The third-order valence-corrected chi connectivity index (χ3v) is 3.20. The smallest absolute Gasteiger partial charge is 0.330 e. The Balaban J connectivity index is 2.40. The highest BCUT2D eigenvalue weighted by Crippen LogP contribution is 2.46. The van der Waals surface area contributed by atoms with Crippen molar-refractivity contribution in [1.82, 2.24) is 10.2 Å². The lowest BCUT2D eigenvalue weighted by atomic mass is 9.64. The van der Waals surface area contributed by atoms with Gasteiger partial charge in [-0.3, -0.25) is 5.10 Å². The number of rotatable bonds is 2.